The molecule has 0 fully saturated rings. The Morgan fingerprint density at radius 3 is 2.69 bits per heavy atom. The number of rotatable bonds is 5. The molecule has 0 spiro atoms. The average Bonchev–Trinajstić information content (AvgIpc) is 2.75. The normalized spacial score (nSPS) is 12.4. The molecule has 2 N–H and O–H groups in total. The van der Waals surface area contributed by atoms with Gasteiger partial charge in [-0.3, -0.25) is 4.79 Å². The number of nitrogens with one attached hydrogen (secondary N) is 2. The third kappa shape index (κ3) is 4.41. The van der Waals surface area contributed by atoms with Crippen LogP contribution in [0.4, 0.5) is 15.8 Å². The zero-order chi connectivity index (χ0) is 20.2. The SMILES string of the molecule is C/C(=N/NC(=O)COc1ccccc1F)c1ccc2c(c1)Nc1ccccc1S2. The second-order valence-electron chi connectivity index (χ2n) is 6.39. The van der Waals surface area contributed by atoms with Gasteiger partial charge in [-0.15, -0.1) is 0 Å². The number of para-hydroxylation sites is 2. The van der Waals surface area contributed by atoms with E-state index in [1.54, 1.807) is 23.9 Å². The van der Waals surface area contributed by atoms with Crippen molar-refractivity contribution in [2.24, 2.45) is 5.10 Å². The number of benzene rings is 3. The van der Waals surface area contributed by atoms with Gasteiger partial charge >= 0.3 is 0 Å². The molecule has 1 heterocycles. The Labute approximate surface area is 172 Å². The molecule has 1 aliphatic rings. The fourth-order valence-electron chi connectivity index (χ4n) is 2.81. The summed E-state index contributed by atoms with van der Waals surface area (Å²) in [6, 6.07) is 20.0. The van der Waals surface area contributed by atoms with Gasteiger partial charge in [-0.2, -0.15) is 5.10 Å². The van der Waals surface area contributed by atoms with Crippen LogP contribution in [0.15, 0.2) is 81.6 Å². The summed E-state index contributed by atoms with van der Waals surface area (Å²) in [5, 5.41) is 7.56. The van der Waals surface area contributed by atoms with Crippen LogP contribution in [0.5, 0.6) is 5.75 Å². The van der Waals surface area contributed by atoms with Crippen LogP contribution in [0.2, 0.25) is 0 Å². The Morgan fingerprint density at radius 2 is 1.83 bits per heavy atom. The predicted octanol–water partition coefficient (Wildman–Crippen LogP) is 4.95. The third-order valence-electron chi connectivity index (χ3n) is 4.32. The molecule has 0 unspecified atom stereocenters. The monoisotopic (exact) mass is 407 g/mol. The quantitative estimate of drug-likeness (QED) is 0.363. The van der Waals surface area contributed by atoms with Crippen LogP contribution in [0.1, 0.15) is 12.5 Å². The van der Waals surface area contributed by atoms with Gasteiger partial charge in [0.1, 0.15) is 0 Å². The molecule has 3 aromatic rings. The molecule has 4 rings (SSSR count). The van der Waals surface area contributed by atoms with Gasteiger partial charge < -0.3 is 10.1 Å². The molecule has 0 radical (unpaired) electrons. The summed E-state index contributed by atoms with van der Waals surface area (Å²) in [7, 11) is 0. The molecule has 7 heteroatoms. The minimum Gasteiger partial charge on any atom is -0.481 e. The number of carbonyl (C=O) groups excluding carboxylic acids is 1. The number of nitrogens with zero attached hydrogens (tertiary/aromatic N) is 1. The van der Waals surface area contributed by atoms with Gasteiger partial charge in [0.2, 0.25) is 0 Å². The number of halogens is 1. The van der Waals surface area contributed by atoms with Crippen LogP contribution in [0.3, 0.4) is 0 Å². The van der Waals surface area contributed by atoms with Crippen molar-refractivity contribution < 1.29 is 13.9 Å². The summed E-state index contributed by atoms with van der Waals surface area (Å²) >= 11 is 1.71. The van der Waals surface area contributed by atoms with Gasteiger partial charge in [-0.25, -0.2) is 9.82 Å². The Balaban J connectivity index is 1.39. The first-order valence-electron chi connectivity index (χ1n) is 8.99. The number of hydrogen-bond donors (Lipinski definition) is 2. The van der Waals surface area contributed by atoms with Crippen LogP contribution >= 0.6 is 11.8 Å². The van der Waals surface area contributed by atoms with Gasteiger partial charge in [-0.05, 0) is 48.9 Å². The van der Waals surface area contributed by atoms with E-state index in [1.165, 1.54) is 17.0 Å². The molecular weight excluding hydrogens is 389 g/mol. The van der Waals surface area contributed by atoms with Crippen LogP contribution in [0, 0.1) is 5.82 Å². The van der Waals surface area contributed by atoms with Crippen molar-refractivity contribution in [1.82, 2.24) is 5.43 Å². The van der Waals surface area contributed by atoms with Crippen LogP contribution in [-0.4, -0.2) is 18.2 Å². The molecule has 0 saturated heterocycles. The van der Waals surface area contributed by atoms with E-state index in [-0.39, 0.29) is 12.4 Å². The number of fused-ring (bicyclic) bond motifs is 2. The summed E-state index contributed by atoms with van der Waals surface area (Å²) in [5.74, 6) is -0.948. The highest BCUT2D eigenvalue weighted by atomic mass is 32.2. The first-order valence-corrected chi connectivity index (χ1v) is 9.80. The second kappa shape index (κ2) is 8.36. The van der Waals surface area contributed by atoms with Crippen molar-refractivity contribution in [3.63, 3.8) is 0 Å². The summed E-state index contributed by atoms with van der Waals surface area (Å²) in [6.45, 7) is 1.49. The van der Waals surface area contributed by atoms with Gasteiger partial charge in [0.15, 0.2) is 18.2 Å². The highest BCUT2D eigenvalue weighted by Gasteiger charge is 2.16. The molecule has 0 bridgehead atoms. The maximum absolute atomic E-state index is 13.5. The minimum absolute atomic E-state index is 0.0295. The third-order valence-corrected chi connectivity index (χ3v) is 5.47. The lowest BCUT2D eigenvalue weighted by Gasteiger charge is -2.21. The van der Waals surface area contributed by atoms with E-state index in [9.17, 15) is 9.18 Å². The largest absolute Gasteiger partial charge is 0.481 e. The van der Waals surface area contributed by atoms with E-state index in [0.717, 1.165) is 21.8 Å². The van der Waals surface area contributed by atoms with Crippen molar-refractivity contribution >= 4 is 34.8 Å². The van der Waals surface area contributed by atoms with Gasteiger partial charge in [-0.1, -0.05) is 42.1 Å². The molecular formula is C22H18FN3O2S. The molecule has 5 nitrogen and oxygen atoms in total. The van der Waals surface area contributed by atoms with E-state index < -0.39 is 11.7 Å². The van der Waals surface area contributed by atoms with Crippen LogP contribution in [-0.2, 0) is 4.79 Å². The summed E-state index contributed by atoms with van der Waals surface area (Å²) in [6.07, 6.45) is 0. The highest BCUT2D eigenvalue weighted by molar-refractivity contribution is 7.99. The Morgan fingerprint density at radius 1 is 1.07 bits per heavy atom. The zero-order valence-corrected chi connectivity index (χ0v) is 16.4. The number of amides is 1. The number of ether oxygens (including phenoxy) is 1. The van der Waals surface area contributed by atoms with E-state index in [1.807, 2.05) is 43.3 Å². The first kappa shape index (κ1) is 19.0. The van der Waals surface area contributed by atoms with Crippen molar-refractivity contribution in [3.05, 3.63) is 78.1 Å². The molecule has 1 aliphatic heterocycles. The van der Waals surface area contributed by atoms with Gasteiger partial charge in [0.25, 0.3) is 5.91 Å². The highest BCUT2D eigenvalue weighted by Crippen LogP contribution is 2.44. The fraction of sp³-hybridized carbons (Fsp3) is 0.0909. The molecule has 0 aliphatic carbocycles. The van der Waals surface area contributed by atoms with E-state index in [2.05, 4.69) is 21.9 Å². The Kier molecular flexibility index (Phi) is 5.48. The molecule has 0 aromatic heterocycles. The number of carbonyl (C=O) groups is 1. The number of hydrazone groups is 1. The van der Waals surface area contributed by atoms with Crippen molar-refractivity contribution in [2.45, 2.75) is 16.7 Å². The smallest absolute Gasteiger partial charge is 0.277 e. The topological polar surface area (TPSA) is 62.7 Å². The molecule has 0 saturated carbocycles. The van der Waals surface area contributed by atoms with Crippen LogP contribution < -0.4 is 15.5 Å². The maximum Gasteiger partial charge on any atom is 0.277 e. The maximum atomic E-state index is 13.5. The summed E-state index contributed by atoms with van der Waals surface area (Å²) in [5.41, 5.74) is 6.03. The number of anilines is 2. The first-order chi connectivity index (χ1) is 14.1. The number of hydrogen-bond acceptors (Lipinski definition) is 5. The molecule has 3 aromatic carbocycles. The summed E-state index contributed by atoms with van der Waals surface area (Å²) < 4.78 is 18.7. The van der Waals surface area contributed by atoms with Crippen molar-refractivity contribution in [1.29, 1.82) is 0 Å². The molecule has 29 heavy (non-hydrogen) atoms. The van der Waals surface area contributed by atoms with E-state index in [0.29, 0.717) is 5.71 Å². The van der Waals surface area contributed by atoms with Gasteiger partial charge in [0, 0.05) is 9.79 Å². The lowest BCUT2D eigenvalue weighted by atomic mass is 10.1. The van der Waals surface area contributed by atoms with E-state index >= 15 is 0 Å². The van der Waals surface area contributed by atoms with Crippen LogP contribution in [0.25, 0.3) is 0 Å². The predicted molar refractivity (Wildman–Crippen MR) is 113 cm³/mol. The zero-order valence-electron chi connectivity index (χ0n) is 15.6. The van der Waals surface area contributed by atoms with Crippen molar-refractivity contribution in [2.75, 3.05) is 11.9 Å². The average molecular weight is 407 g/mol. The standard InChI is InChI=1S/C22H18FN3O2S/c1-14(25-26-22(27)13-28-19-8-4-2-6-16(19)23)15-10-11-21-18(12-15)24-17-7-3-5-9-20(17)29-21/h2-12,24H,13H2,1H3,(H,26,27)/b25-14-. The van der Waals surface area contributed by atoms with E-state index in [4.69, 9.17) is 4.74 Å². The van der Waals surface area contributed by atoms with Crippen molar-refractivity contribution in [3.8, 4) is 5.75 Å². The Hall–Kier alpha value is -3.32. The lowest BCUT2D eigenvalue weighted by molar-refractivity contribution is -0.123. The minimum atomic E-state index is -0.513. The summed E-state index contributed by atoms with van der Waals surface area (Å²) in [4.78, 5) is 14.3. The second-order valence-corrected chi connectivity index (χ2v) is 7.47. The molecule has 0 atom stereocenters. The molecule has 1 amide bonds. The molecule has 146 valence electrons. The fourth-order valence-corrected chi connectivity index (χ4v) is 3.78. The lowest BCUT2D eigenvalue weighted by Crippen LogP contribution is -2.25. The Bertz CT molecular complexity index is 1100. The van der Waals surface area contributed by atoms with Gasteiger partial charge in [0.05, 0.1) is 17.1 Å².